The largest absolute Gasteiger partial charge is 0.481 e. The highest BCUT2D eigenvalue weighted by molar-refractivity contribution is 6.19. The van der Waals surface area contributed by atoms with Gasteiger partial charge in [0.15, 0.2) is 0 Å². The van der Waals surface area contributed by atoms with Crippen LogP contribution in [0.25, 0.3) is 11.0 Å². The number of furan rings is 1. The van der Waals surface area contributed by atoms with Crippen molar-refractivity contribution in [3.8, 4) is 5.88 Å². The first-order valence-corrected chi connectivity index (χ1v) is 13.7. The number of anilines is 2. The van der Waals surface area contributed by atoms with E-state index in [1.54, 1.807) is 66.9 Å². The highest BCUT2D eigenvalue weighted by Crippen LogP contribution is 2.39. The fourth-order valence-electron chi connectivity index (χ4n) is 5.42. The first kappa shape index (κ1) is 28.1. The van der Waals surface area contributed by atoms with Gasteiger partial charge in [0.2, 0.25) is 17.7 Å². The number of aromatic nitrogens is 2. The molecule has 0 fully saturated rings. The van der Waals surface area contributed by atoms with Gasteiger partial charge in [0.25, 0.3) is 5.56 Å². The molecule has 4 aromatic rings. The fourth-order valence-corrected chi connectivity index (χ4v) is 5.42. The number of ether oxygens (including phenoxy) is 1. The highest BCUT2D eigenvalue weighted by Gasteiger charge is 2.45. The second-order valence-electron chi connectivity index (χ2n) is 10.8. The van der Waals surface area contributed by atoms with Gasteiger partial charge in [-0.15, -0.1) is 0 Å². The lowest BCUT2D eigenvalue weighted by atomic mass is 9.90. The van der Waals surface area contributed by atoms with E-state index in [9.17, 15) is 14.4 Å². The summed E-state index contributed by atoms with van der Waals surface area (Å²) in [7, 11) is 3.31. The fraction of sp³-hybridized carbons (Fsp3) is 0.355. The monoisotopic (exact) mass is 557 g/mol. The Morgan fingerprint density at radius 3 is 2.59 bits per heavy atom. The van der Waals surface area contributed by atoms with Crippen molar-refractivity contribution < 1.29 is 18.7 Å². The zero-order valence-corrected chi connectivity index (χ0v) is 24.1. The Morgan fingerprint density at radius 1 is 1.02 bits per heavy atom. The van der Waals surface area contributed by atoms with Crippen LogP contribution < -0.4 is 20.1 Å². The lowest BCUT2D eigenvalue weighted by molar-refractivity contribution is -0.137. The molecular formula is C31H35N5O5. The number of hydrogen-bond donors (Lipinski definition) is 0. The summed E-state index contributed by atoms with van der Waals surface area (Å²) in [4.78, 5) is 49.4. The van der Waals surface area contributed by atoms with Crippen LogP contribution in [-0.2, 0) is 29.2 Å². The Morgan fingerprint density at radius 2 is 1.83 bits per heavy atom. The minimum atomic E-state index is -1.17. The molecule has 2 amide bonds. The number of pyridine rings is 2. The summed E-state index contributed by atoms with van der Waals surface area (Å²) in [6.45, 7) is 7.78. The molecule has 0 aliphatic carbocycles. The molecule has 1 aliphatic rings. The molecule has 0 saturated carbocycles. The van der Waals surface area contributed by atoms with Gasteiger partial charge in [-0.1, -0.05) is 12.1 Å². The third-order valence-electron chi connectivity index (χ3n) is 7.72. The van der Waals surface area contributed by atoms with Gasteiger partial charge < -0.3 is 23.5 Å². The second-order valence-corrected chi connectivity index (χ2v) is 10.8. The molecule has 0 spiro atoms. The van der Waals surface area contributed by atoms with Crippen LogP contribution in [0.2, 0.25) is 0 Å². The Bertz CT molecular complexity index is 1660. The molecule has 10 heteroatoms. The average molecular weight is 558 g/mol. The first-order chi connectivity index (χ1) is 19.6. The van der Waals surface area contributed by atoms with E-state index in [4.69, 9.17) is 9.15 Å². The molecule has 41 heavy (non-hydrogen) atoms. The maximum absolute atomic E-state index is 13.3. The molecule has 0 N–H and O–H groups in total. The average Bonchev–Trinajstić information content (AvgIpc) is 3.45. The van der Waals surface area contributed by atoms with Crippen LogP contribution in [0, 0.1) is 5.41 Å². The van der Waals surface area contributed by atoms with E-state index in [0.29, 0.717) is 60.9 Å². The van der Waals surface area contributed by atoms with Gasteiger partial charge in [-0.2, -0.15) is 0 Å². The van der Waals surface area contributed by atoms with Crippen molar-refractivity contribution in [2.75, 3.05) is 37.0 Å². The van der Waals surface area contributed by atoms with E-state index in [2.05, 4.69) is 9.88 Å². The normalized spacial score (nSPS) is 15.0. The van der Waals surface area contributed by atoms with E-state index < -0.39 is 5.41 Å². The van der Waals surface area contributed by atoms with Crippen LogP contribution >= 0.6 is 0 Å². The quantitative estimate of drug-likeness (QED) is 0.286. The number of carbonyl (C=O) groups is 2. The summed E-state index contributed by atoms with van der Waals surface area (Å²) in [6.07, 6.45) is 4.96. The van der Waals surface area contributed by atoms with Crippen LogP contribution in [-0.4, -0.2) is 53.5 Å². The lowest BCUT2D eigenvalue weighted by Gasteiger charge is -2.27. The summed E-state index contributed by atoms with van der Waals surface area (Å²) in [5, 5.41) is 0.546. The maximum atomic E-state index is 13.3. The van der Waals surface area contributed by atoms with E-state index in [1.165, 1.54) is 6.26 Å². The van der Waals surface area contributed by atoms with Gasteiger partial charge in [0, 0.05) is 57.7 Å². The molecule has 0 radical (unpaired) electrons. The van der Waals surface area contributed by atoms with Crippen molar-refractivity contribution in [1.82, 2.24) is 14.5 Å². The molecule has 3 aromatic heterocycles. The van der Waals surface area contributed by atoms with E-state index in [1.807, 2.05) is 37.3 Å². The summed E-state index contributed by atoms with van der Waals surface area (Å²) < 4.78 is 12.6. The third-order valence-corrected chi connectivity index (χ3v) is 7.72. The first-order valence-electron chi connectivity index (χ1n) is 13.7. The van der Waals surface area contributed by atoms with Crippen molar-refractivity contribution in [2.24, 2.45) is 5.41 Å². The van der Waals surface area contributed by atoms with Gasteiger partial charge in [-0.05, 0) is 56.7 Å². The molecule has 5 rings (SSSR count). The molecule has 0 atom stereocenters. The van der Waals surface area contributed by atoms with Crippen LogP contribution in [0.4, 0.5) is 11.4 Å². The Labute approximate surface area is 238 Å². The van der Waals surface area contributed by atoms with Crippen molar-refractivity contribution in [3.63, 3.8) is 0 Å². The SMILES string of the molecule is CCN1C(=O)C(C)(C)C(=O)N(C)c2cc(CN(CCn3ccc4occc4c3=O)Cc3cccnc3OC)ccc21. The highest BCUT2D eigenvalue weighted by atomic mass is 16.5. The molecule has 4 heterocycles. The maximum Gasteiger partial charge on any atom is 0.261 e. The predicted octanol–water partition coefficient (Wildman–Crippen LogP) is 4.06. The van der Waals surface area contributed by atoms with Gasteiger partial charge in [-0.25, -0.2) is 4.98 Å². The molecule has 0 unspecified atom stereocenters. The number of methoxy groups -OCH3 is 1. The molecule has 10 nitrogen and oxygen atoms in total. The van der Waals surface area contributed by atoms with Crippen LogP contribution in [0.3, 0.4) is 0 Å². The van der Waals surface area contributed by atoms with E-state index in [-0.39, 0.29) is 17.4 Å². The molecule has 214 valence electrons. The molecule has 1 aliphatic heterocycles. The summed E-state index contributed by atoms with van der Waals surface area (Å²) in [5.41, 5.74) is 2.57. The minimum Gasteiger partial charge on any atom is -0.481 e. The van der Waals surface area contributed by atoms with E-state index >= 15 is 0 Å². The van der Waals surface area contributed by atoms with Crippen molar-refractivity contribution in [3.05, 3.63) is 82.6 Å². The molecule has 0 saturated heterocycles. The van der Waals surface area contributed by atoms with Crippen LogP contribution in [0.5, 0.6) is 5.88 Å². The number of rotatable bonds is 9. The summed E-state index contributed by atoms with van der Waals surface area (Å²) >= 11 is 0. The van der Waals surface area contributed by atoms with Crippen LogP contribution in [0.15, 0.2) is 70.3 Å². The van der Waals surface area contributed by atoms with Crippen molar-refractivity contribution >= 4 is 34.2 Å². The number of hydrogen-bond acceptors (Lipinski definition) is 7. The Kier molecular flexibility index (Phi) is 7.68. The zero-order chi connectivity index (χ0) is 29.3. The van der Waals surface area contributed by atoms with Crippen LogP contribution in [0.1, 0.15) is 31.9 Å². The van der Waals surface area contributed by atoms with Crippen molar-refractivity contribution in [1.29, 1.82) is 0 Å². The van der Waals surface area contributed by atoms with Gasteiger partial charge >= 0.3 is 0 Å². The zero-order valence-electron chi connectivity index (χ0n) is 24.1. The predicted molar refractivity (Wildman–Crippen MR) is 157 cm³/mol. The smallest absolute Gasteiger partial charge is 0.261 e. The topological polar surface area (TPSA) is 101 Å². The van der Waals surface area contributed by atoms with Gasteiger partial charge in [0.05, 0.1) is 30.1 Å². The third kappa shape index (κ3) is 5.22. The summed E-state index contributed by atoms with van der Waals surface area (Å²) in [5.74, 6) is 0.0811. The molecular weight excluding hydrogens is 522 g/mol. The number of amides is 2. The Hall–Kier alpha value is -4.44. The minimum absolute atomic E-state index is 0.104. The summed E-state index contributed by atoms with van der Waals surface area (Å²) in [6, 6.07) is 13.2. The number of nitrogens with zero attached hydrogens (tertiary/aromatic N) is 5. The van der Waals surface area contributed by atoms with Crippen molar-refractivity contribution in [2.45, 2.75) is 40.4 Å². The standard InChI is InChI=1S/C31H35N5O5/c1-6-36-24-10-9-21(18-25(24)33(4)29(38)31(2,3)30(36)39)19-34(20-22-8-7-13-32-27(22)40-5)15-16-35-14-11-26-23(28(35)37)12-17-41-26/h7-14,17-18H,6,15-16,19-20H2,1-5H3. The number of carbonyl (C=O) groups excluding carboxylic acids is 2. The molecule has 0 bridgehead atoms. The van der Waals surface area contributed by atoms with Gasteiger partial charge in [0.1, 0.15) is 11.0 Å². The lowest BCUT2D eigenvalue weighted by Crippen LogP contribution is -2.47. The molecule has 1 aromatic carbocycles. The number of fused-ring (bicyclic) bond motifs is 2. The van der Waals surface area contributed by atoms with E-state index in [0.717, 1.165) is 11.1 Å². The van der Waals surface area contributed by atoms with Gasteiger partial charge in [-0.3, -0.25) is 19.3 Å². The second kappa shape index (κ2) is 11.2. The number of benzene rings is 1. The Balaban J connectivity index is 1.47.